The second-order valence-electron chi connectivity index (χ2n) is 5.98. The molecular weight excluding hydrogens is 433 g/mol. The van der Waals surface area contributed by atoms with Crippen molar-refractivity contribution in [1.82, 2.24) is 15.0 Å². The molecule has 3 rings (SSSR count). The summed E-state index contributed by atoms with van der Waals surface area (Å²) in [7, 11) is 1.62. The van der Waals surface area contributed by atoms with Gasteiger partial charge in [0, 0.05) is 10.6 Å². The second-order valence-corrected chi connectivity index (χ2v) is 7.84. The minimum absolute atomic E-state index is 0.216. The Hall–Kier alpha value is -2.22. The Balaban J connectivity index is 1.85. The van der Waals surface area contributed by atoms with Crippen molar-refractivity contribution >= 4 is 40.9 Å². The standard InChI is InChI=1S/C20H19Cl2N3O3S/c1-3-28-20(26)19-18(12-29-15-8-9-16(21)17(22)10-15)25(24-23-19)11-13-4-6-14(27-2)7-5-13/h4-10H,3,11-12H2,1-2H3. The normalized spacial score (nSPS) is 10.8. The fourth-order valence-corrected chi connectivity index (χ4v) is 3.90. The summed E-state index contributed by atoms with van der Waals surface area (Å²) < 4.78 is 12.0. The number of nitrogens with zero attached hydrogens (tertiary/aromatic N) is 3. The summed E-state index contributed by atoms with van der Waals surface area (Å²) in [6.45, 7) is 2.49. The van der Waals surface area contributed by atoms with Gasteiger partial charge in [0.1, 0.15) is 5.75 Å². The summed E-state index contributed by atoms with van der Waals surface area (Å²) in [6.07, 6.45) is 0. The van der Waals surface area contributed by atoms with E-state index in [1.807, 2.05) is 30.3 Å². The molecule has 0 aliphatic rings. The summed E-state index contributed by atoms with van der Waals surface area (Å²) in [6, 6.07) is 13.0. The van der Waals surface area contributed by atoms with Crippen molar-refractivity contribution in [3.63, 3.8) is 0 Å². The Kier molecular flexibility index (Phi) is 7.41. The number of aromatic nitrogens is 3. The third-order valence-electron chi connectivity index (χ3n) is 4.06. The maximum absolute atomic E-state index is 12.3. The number of rotatable bonds is 8. The SMILES string of the molecule is CCOC(=O)c1nnn(Cc2ccc(OC)cc2)c1CSc1ccc(Cl)c(Cl)c1. The topological polar surface area (TPSA) is 66.2 Å². The fourth-order valence-electron chi connectivity index (χ4n) is 2.58. The minimum Gasteiger partial charge on any atom is -0.497 e. The molecule has 29 heavy (non-hydrogen) atoms. The molecule has 0 N–H and O–H groups in total. The molecule has 0 unspecified atom stereocenters. The summed E-state index contributed by atoms with van der Waals surface area (Å²) >= 11 is 13.6. The van der Waals surface area contributed by atoms with E-state index in [0.29, 0.717) is 28.0 Å². The Morgan fingerprint density at radius 1 is 1.14 bits per heavy atom. The molecule has 0 aliphatic heterocycles. The molecule has 0 atom stereocenters. The van der Waals surface area contributed by atoms with Gasteiger partial charge in [-0.1, -0.05) is 40.5 Å². The number of hydrogen-bond acceptors (Lipinski definition) is 6. The maximum Gasteiger partial charge on any atom is 0.360 e. The van der Waals surface area contributed by atoms with Crippen molar-refractivity contribution in [2.45, 2.75) is 24.1 Å². The Morgan fingerprint density at radius 2 is 1.90 bits per heavy atom. The van der Waals surface area contributed by atoms with Crippen LogP contribution in [0.5, 0.6) is 5.75 Å². The lowest BCUT2D eigenvalue weighted by Crippen LogP contribution is -2.11. The number of carbonyl (C=O) groups is 1. The lowest BCUT2D eigenvalue weighted by molar-refractivity contribution is 0.0518. The van der Waals surface area contributed by atoms with Gasteiger partial charge in [-0.25, -0.2) is 9.48 Å². The highest BCUT2D eigenvalue weighted by Gasteiger charge is 2.21. The zero-order valence-electron chi connectivity index (χ0n) is 15.9. The maximum atomic E-state index is 12.3. The van der Waals surface area contributed by atoms with Gasteiger partial charge in [-0.3, -0.25) is 0 Å². The monoisotopic (exact) mass is 451 g/mol. The molecule has 2 aromatic carbocycles. The van der Waals surface area contributed by atoms with Crippen LogP contribution in [0.2, 0.25) is 10.0 Å². The third kappa shape index (κ3) is 5.44. The van der Waals surface area contributed by atoms with Crippen LogP contribution < -0.4 is 4.74 Å². The van der Waals surface area contributed by atoms with Crippen molar-refractivity contribution in [2.75, 3.05) is 13.7 Å². The van der Waals surface area contributed by atoms with Gasteiger partial charge in [0.05, 0.1) is 36.0 Å². The number of methoxy groups -OCH3 is 1. The van der Waals surface area contributed by atoms with E-state index in [-0.39, 0.29) is 12.3 Å². The Labute approximate surface area is 183 Å². The van der Waals surface area contributed by atoms with Crippen LogP contribution >= 0.6 is 35.0 Å². The van der Waals surface area contributed by atoms with Crippen LogP contribution in [0.3, 0.4) is 0 Å². The summed E-state index contributed by atoms with van der Waals surface area (Å²) in [5.74, 6) is 0.753. The van der Waals surface area contributed by atoms with Gasteiger partial charge in [-0.15, -0.1) is 16.9 Å². The Bertz CT molecular complexity index is 993. The molecular formula is C20H19Cl2N3O3S. The number of ether oxygens (including phenoxy) is 2. The van der Waals surface area contributed by atoms with E-state index in [1.54, 1.807) is 30.8 Å². The predicted octanol–water partition coefficient (Wildman–Crippen LogP) is 5.11. The second kappa shape index (κ2) is 10.0. The van der Waals surface area contributed by atoms with E-state index >= 15 is 0 Å². The smallest absolute Gasteiger partial charge is 0.360 e. The average Bonchev–Trinajstić information content (AvgIpc) is 3.12. The average molecular weight is 452 g/mol. The van der Waals surface area contributed by atoms with Crippen molar-refractivity contribution in [1.29, 1.82) is 0 Å². The van der Waals surface area contributed by atoms with E-state index in [4.69, 9.17) is 32.7 Å². The molecule has 0 fully saturated rings. The van der Waals surface area contributed by atoms with Crippen LogP contribution in [0.1, 0.15) is 28.7 Å². The molecule has 0 saturated heterocycles. The first-order valence-corrected chi connectivity index (χ1v) is 10.6. The molecule has 0 amide bonds. The van der Waals surface area contributed by atoms with Crippen molar-refractivity contribution in [2.24, 2.45) is 0 Å². The third-order valence-corrected chi connectivity index (χ3v) is 5.81. The van der Waals surface area contributed by atoms with E-state index in [1.165, 1.54) is 11.8 Å². The summed E-state index contributed by atoms with van der Waals surface area (Å²) in [4.78, 5) is 13.2. The van der Waals surface area contributed by atoms with Crippen molar-refractivity contribution in [3.05, 3.63) is 69.5 Å². The van der Waals surface area contributed by atoms with E-state index in [2.05, 4.69) is 10.3 Å². The number of halogens is 2. The highest BCUT2D eigenvalue weighted by molar-refractivity contribution is 7.98. The molecule has 152 valence electrons. The van der Waals surface area contributed by atoms with E-state index in [0.717, 1.165) is 16.2 Å². The zero-order valence-corrected chi connectivity index (χ0v) is 18.2. The number of carbonyl (C=O) groups excluding carboxylic acids is 1. The first-order valence-electron chi connectivity index (χ1n) is 8.82. The van der Waals surface area contributed by atoms with Crippen molar-refractivity contribution in [3.8, 4) is 5.75 Å². The van der Waals surface area contributed by atoms with Crippen LogP contribution in [-0.2, 0) is 17.0 Å². The molecule has 0 radical (unpaired) electrons. The van der Waals surface area contributed by atoms with E-state index in [9.17, 15) is 4.79 Å². The lowest BCUT2D eigenvalue weighted by atomic mass is 10.2. The molecule has 9 heteroatoms. The van der Waals surface area contributed by atoms with Gasteiger partial charge in [0.25, 0.3) is 0 Å². The van der Waals surface area contributed by atoms with Crippen LogP contribution in [0.4, 0.5) is 0 Å². The van der Waals surface area contributed by atoms with Crippen LogP contribution in [0.25, 0.3) is 0 Å². The number of thioether (sulfide) groups is 1. The van der Waals surface area contributed by atoms with E-state index < -0.39 is 5.97 Å². The number of benzene rings is 2. The van der Waals surface area contributed by atoms with Crippen LogP contribution in [-0.4, -0.2) is 34.7 Å². The Morgan fingerprint density at radius 3 is 2.55 bits per heavy atom. The number of esters is 1. The van der Waals surface area contributed by atoms with Crippen molar-refractivity contribution < 1.29 is 14.3 Å². The van der Waals surface area contributed by atoms with Gasteiger partial charge in [-0.05, 0) is 42.8 Å². The molecule has 0 aliphatic carbocycles. The molecule has 0 saturated carbocycles. The molecule has 1 aromatic heterocycles. The number of hydrogen-bond donors (Lipinski definition) is 0. The quantitative estimate of drug-likeness (QED) is 0.350. The predicted molar refractivity (Wildman–Crippen MR) is 114 cm³/mol. The van der Waals surface area contributed by atoms with Gasteiger partial charge < -0.3 is 9.47 Å². The fraction of sp³-hybridized carbons (Fsp3) is 0.250. The molecule has 1 heterocycles. The molecule has 6 nitrogen and oxygen atoms in total. The molecule has 0 spiro atoms. The summed E-state index contributed by atoms with van der Waals surface area (Å²) in [5.41, 5.74) is 1.90. The lowest BCUT2D eigenvalue weighted by Gasteiger charge is -2.09. The highest BCUT2D eigenvalue weighted by Crippen LogP contribution is 2.30. The molecule has 3 aromatic rings. The van der Waals surface area contributed by atoms with Crippen LogP contribution in [0, 0.1) is 0 Å². The first kappa shape index (κ1) is 21.5. The summed E-state index contributed by atoms with van der Waals surface area (Å²) in [5, 5.41) is 9.21. The van der Waals surface area contributed by atoms with Crippen LogP contribution in [0.15, 0.2) is 47.4 Å². The molecule has 0 bridgehead atoms. The van der Waals surface area contributed by atoms with Gasteiger partial charge in [0.2, 0.25) is 0 Å². The van der Waals surface area contributed by atoms with Gasteiger partial charge in [0.15, 0.2) is 5.69 Å². The largest absolute Gasteiger partial charge is 0.497 e. The van der Waals surface area contributed by atoms with Gasteiger partial charge >= 0.3 is 5.97 Å². The highest BCUT2D eigenvalue weighted by atomic mass is 35.5. The zero-order chi connectivity index (χ0) is 20.8. The minimum atomic E-state index is -0.488. The van der Waals surface area contributed by atoms with Gasteiger partial charge in [-0.2, -0.15) is 0 Å². The first-order chi connectivity index (χ1) is 14.0.